The van der Waals surface area contributed by atoms with E-state index in [0.717, 1.165) is 24.9 Å². The number of oxime groups is 1. The molecule has 0 bridgehead atoms. The Morgan fingerprint density at radius 1 is 1.38 bits per heavy atom. The molecule has 4 heteroatoms. The topological polar surface area (TPSA) is 61.8 Å². The number of nitrogens with zero attached hydrogens (tertiary/aromatic N) is 2. The average Bonchev–Trinajstić information content (AvgIpc) is 2.29. The van der Waals surface area contributed by atoms with Crippen LogP contribution in [0.25, 0.3) is 0 Å². The molecule has 3 N–H and O–H groups in total. The first-order chi connectivity index (χ1) is 7.63. The van der Waals surface area contributed by atoms with E-state index in [-0.39, 0.29) is 0 Å². The lowest BCUT2D eigenvalue weighted by Crippen LogP contribution is -2.35. The number of hydrogen-bond acceptors (Lipinski definition) is 3. The van der Waals surface area contributed by atoms with E-state index in [1.54, 1.807) is 0 Å². The first-order valence-corrected chi connectivity index (χ1v) is 6.30. The van der Waals surface area contributed by atoms with E-state index in [1.165, 1.54) is 25.7 Å². The molecule has 0 heterocycles. The zero-order valence-corrected chi connectivity index (χ0v) is 10.5. The van der Waals surface area contributed by atoms with Crippen molar-refractivity contribution < 1.29 is 5.21 Å². The van der Waals surface area contributed by atoms with Crippen molar-refractivity contribution in [1.82, 2.24) is 4.90 Å². The Labute approximate surface area is 98.5 Å². The number of hydrogen-bond donors (Lipinski definition) is 2. The lowest BCUT2D eigenvalue weighted by molar-refractivity contribution is 0.169. The van der Waals surface area contributed by atoms with Gasteiger partial charge in [-0.1, -0.05) is 12.1 Å². The highest BCUT2D eigenvalue weighted by molar-refractivity contribution is 5.79. The van der Waals surface area contributed by atoms with E-state index in [0.29, 0.717) is 12.3 Å². The van der Waals surface area contributed by atoms with E-state index in [2.05, 4.69) is 24.0 Å². The van der Waals surface area contributed by atoms with Crippen LogP contribution in [0.4, 0.5) is 0 Å². The fourth-order valence-electron chi connectivity index (χ4n) is 2.43. The van der Waals surface area contributed by atoms with Crippen molar-refractivity contribution in [2.24, 2.45) is 16.8 Å². The molecule has 0 unspecified atom stereocenters. The maximum Gasteiger partial charge on any atom is 0.139 e. The van der Waals surface area contributed by atoms with Gasteiger partial charge in [-0.25, -0.2) is 0 Å². The smallest absolute Gasteiger partial charge is 0.139 e. The third-order valence-corrected chi connectivity index (χ3v) is 3.68. The zero-order chi connectivity index (χ0) is 12.0. The van der Waals surface area contributed by atoms with Crippen LogP contribution in [-0.4, -0.2) is 35.6 Å². The Hall–Kier alpha value is -0.770. The van der Waals surface area contributed by atoms with Crippen LogP contribution in [0, 0.1) is 5.92 Å². The quantitative estimate of drug-likeness (QED) is 0.327. The minimum Gasteiger partial charge on any atom is -0.409 e. The summed E-state index contributed by atoms with van der Waals surface area (Å²) in [6, 6.07) is 0.739. The van der Waals surface area contributed by atoms with Crippen LogP contribution in [0.2, 0.25) is 0 Å². The highest BCUT2D eigenvalue weighted by Crippen LogP contribution is 2.26. The molecule has 0 aromatic heterocycles. The molecule has 1 aliphatic carbocycles. The minimum atomic E-state index is 0.339. The maximum absolute atomic E-state index is 8.43. The molecule has 0 aromatic rings. The van der Waals surface area contributed by atoms with Gasteiger partial charge in [-0.3, -0.25) is 0 Å². The van der Waals surface area contributed by atoms with Crippen molar-refractivity contribution in [3.8, 4) is 0 Å². The van der Waals surface area contributed by atoms with Gasteiger partial charge in [-0.05, 0) is 51.6 Å². The monoisotopic (exact) mass is 227 g/mol. The summed E-state index contributed by atoms with van der Waals surface area (Å²) in [6.07, 6.45) is 7.01. The summed E-state index contributed by atoms with van der Waals surface area (Å²) in [6.45, 7) is 3.38. The number of nitrogens with two attached hydrogens (primary N) is 1. The highest BCUT2D eigenvalue weighted by Gasteiger charge is 2.21. The van der Waals surface area contributed by atoms with Crippen molar-refractivity contribution >= 4 is 5.84 Å². The van der Waals surface area contributed by atoms with E-state index in [1.807, 2.05) is 0 Å². The summed E-state index contributed by atoms with van der Waals surface area (Å²) in [5.74, 6) is 1.24. The molecule has 0 saturated heterocycles. The summed E-state index contributed by atoms with van der Waals surface area (Å²) >= 11 is 0. The summed E-state index contributed by atoms with van der Waals surface area (Å²) in [4.78, 5) is 2.43. The van der Waals surface area contributed by atoms with Gasteiger partial charge in [0.05, 0.1) is 0 Å². The van der Waals surface area contributed by atoms with Crippen LogP contribution < -0.4 is 5.73 Å². The summed E-state index contributed by atoms with van der Waals surface area (Å²) in [5.41, 5.74) is 5.44. The second-order valence-electron chi connectivity index (χ2n) is 5.09. The molecule has 1 rings (SSSR count). The Bertz CT molecular complexity index is 222. The SMILES string of the molecule is CC1CCC(N(C)CCC/C(N)=N/O)CC1. The summed E-state index contributed by atoms with van der Waals surface area (Å²) in [5, 5.41) is 11.4. The Balaban J connectivity index is 2.17. The van der Waals surface area contributed by atoms with Gasteiger partial charge in [-0.2, -0.15) is 0 Å². The molecule has 1 aliphatic rings. The van der Waals surface area contributed by atoms with Gasteiger partial charge >= 0.3 is 0 Å². The summed E-state index contributed by atoms with van der Waals surface area (Å²) in [7, 11) is 2.19. The van der Waals surface area contributed by atoms with E-state index in [4.69, 9.17) is 10.9 Å². The van der Waals surface area contributed by atoms with Crippen LogP contribution in [0.5, 0.6) is 0 Å². The van der Waals surface area contributed by atoms with Gasteiger partial charge in [0.25, 0.3) is 0 Å². The van der Waals surface area contributed by atoms with Gasteiger partial charge in [-0.15, -0.1) is 0 Å². The van der Waals surface area contributed by atoms with Crippen molar-refractivity contribution in [2.75, 3.05) is 13.6 Å². The van der Waals surface area contributed by atoms with E-state index < -0.39 is 0 Å². The minimum absolute atomic E-state index is 0.339. The molecule has 0 spiro atoms. The predicted octanol–water partition coefficient (Wildman–Crippen LogP) is 2.02. The molecular weight excluding hydrogens is 202 g/mol. The largest absolute Gasteiger partial charge is 0.409 e. The Morgan fingerprint density at radius 3 is 2.56 bits per heavy atom. The van der Waals surface area contributed by atoms with E-state index in [9.17, 15) is 0 Å². The van der Waals surface area contributed by atoms with Gasteiger partial charge in [0.2, 0.25) is 0 Å². The molecule has 0 radical (unpaired) electrons. The molecule has 0 aliphatic heterocycles. The molecule has 16 heavy (non-hydrogen) atoms. The normalized spacial score (nSPS) is 27.3. The van der Waals surface area contributed by atoms with Crippen LogP contribution in [-0.2, 0) is 0 Å². The van der Waals surface area contributed by atoms with Crippen molar-refractivity contribution in [1.29, 1.82) is 0 Å². The lowest BCUT2D eigenvalue weighted by atomic mass is 9.87. The Morgan fingerprint density at radius 2 is 2.00 bits per heavy atom. The lowest BCUT2D eigenvalue weighted by Gasteiger charge is -2.33. The fourth-order valence-corrected chi connectivity index (χ4v) is 2.43. The Kier molecular flexibility index (Phi) is 5.60. The second-order valence-corrected chi connectivity index (χ2v) is 5.09. The van der Waals surface area contributed by atoms with Crippen molar-refractivity contribution in [2.45, 2.75) is 51.5 Å². The molecule has 0 amide bonds. The zero-order valence-electron chi connectivity index (χ0n) is 10.5. The molecule has 0 atom stereocenters. The standard InChI is InChI=1S/C12H25N3O/c1-10-5-7-11(8-6-10)15(2)9-3-4-12(13)14-16/h10-11,16H,3-9H2,1-2H3,(H2,13,14). The first kappa shape index (κ1) is 13.3. The van der Waals surface area contributed by atoms with Crippen molar-refractivity contribution in [3.05, 3.63) is 0 Å². The highest BCUT2D eigenvalue weighted by atomic mass is 16.4. The number of amidine groups is 1. The van der Waals surface area contributed by atoms with Gasteiger partial charge in [0.15, 0.2) is 0 Å². The third kappa shape index (κ3) is 4.39. The van der Waals surface area contributed by atoms with Crippen LogP contribution in [0.15, 0.2) is 5.16 Å². The second kappa shape index (κ2) is 6.74. The van der Waals surface area contributed by atoms with Crippen molar-refractivity contribution in [3.63, 3.8) is 0 Å². The predicted molar refractivity (Wildman–Crippen MR) is 66.7 cm³/mol. The molecule has 1 saturated carbocycles. The third-order valence-electron chi connectivity index (χ3n) is 3.68. The van der Waals surface area contributed by atoms with Gasteiger partial charge < -0.3 is 15.8 Å². The van der Waals surface area contributed by atoms with Crippen LogP contribution in [0.1, 0.15) is 45.4 Å². The van der Waals surface area contributed by atoms with Crippen LogP contribution in [0.3, 0.4) is 0 Å². The maximum atomic E-state index is 8.43. The van der Waals surface area contributed by atoms with Crippen LogP contribution >= 0.6 is 0 Å². The van der Waals surface area contributed by atoms with E-state index >= 15 is 0 Å². The van der Waals surface area contributed by atoms with Gasteiger partial charge in [0, 0.05) is 12.5 Å². The molecule has 0 aromatic carbocycles. The fraction of sp³-hybridized carbons (Fsp3) is 0.917. The first-order valence-electron chi connectivity index (χ1n) is 6.30. The molecule has 1 fully saturated rings. The average molecular weight is 227 g/mol. The molecule has 4 nitrogen and oxygen atoms in total. The van der Waals surface area contributed by atoms with Gasteiger partial charge in [0.1, 0.15) is 5.84 Å². The number of rotatable bonds is 5. The summed E-state index contributed by atoms with van der Waals surface area (Å²) < 4.78 is 0. The molecular formula is C12H25N3O. The molecule has 94 valence electrons.